The third-order valence-electron chi connectivity index (χ3n) is 3.45. The van der Waals surface area contributed by atoms with E-state index in [1.54, 1.807) is 18.9 Å². The first-order valence-electron chi connectivity index (χ1n) is 7.06. The van der Waals surface area contributed by atoms with Gasteiger partial charge in [-0.2, -0.15) is 0 Å². The largest absolute Gasteiger partial charge is 0.358 e. The van der Waals surface area contributed by atoms with E-state index in [9.17, 15) is 9.59 Å². The number of carbonyl (C=O) groups is 2. The van der Waals surface area contributed by atoms with Gasteiger partial charge in [-0.25, -0.2) is 0 Å². The molecule has 1 atom stereocenters. The Bertz CT molecular complexity index is 490. The molecule has 0 aliphatic heterocycles. The van der Waals surface area contributed by atoms with E-state index >= 15 is 0 Å². The molecule has 6 nitrogen and oxygen atoms in total. The number of nitrogens with two attached hydrogens (primary N) is 1. The van der Waals surface area contributed by atoms with E-state index in [4.69, 9.17) is 5.73 Å². The van der Waals surface area contributed by atoms with Gasteiger partial charge >= 0.3 is 0 Å². The van der Waals surface area contributed by atoms with Crippen molar-refractivity contribution in [3.63, 3.8) is 0 Å². The summed E-state index contributed by atoms with van der Waals surface area (Å²) in [4.78, 5) is 25.6. The first-order chi connectivity index (χ1) is 10.0. The standard InChI is InChI=1S/C15H24N4O2/c1-4-19(10-14(20)17-3)11(2)15(21)18-13-8-6-5-7-12(13)9-16/h5-8,11H,4,9-10,16H2,1-3H3,(H,17,20)(H,18,21). The highest BCUT2D eigenvalue weighted by Gasteiger charge is 2.22. The lowest BCUT2D eigenvalue weighted by Crippen LogP contribution is -2.46. The fourth-order valence-electron chi connectivity index (χ4n) is 2.01. The Balaban J connectivity index is 2.75. The van der Waals surface area contributed by atoms with Crippen LogP contribution in [-0.2, 0) is 16.1 Å². The lowest BCUT2D eigenvalue weighted by molar-refractivity contribution is -0.125. The summed E-state index contributed by atoms with van der Waals surface area (Å²) >= 11 is 0. The number of anilines is 1. The second-order valence-corrected chi connectivity index (χ2v) is 4.76. The van der Waals surface area contributed by atoms with Gasteiger partial charge in [-0.15, -0.1) is 0 Å². The van der Waals surface area contributed by atoms with E-state index in [2.05, 4.69) is 10.6 Å². The zero-order chi connectivity index (χ0) is 15.8. The predicted octanol–water partition coefficient (Wildman–Crippen LogP) is 0.540. The van der Waals surface area contributed by atoms with Crippen LogP contribution in [0.25, 0.3) is 0 Å². The van der Waals surface area contributed by atoms with Crippen molar-refractivity contribution < 1.29 is 9.59 Å². The molecule has 1 rings (SSSR count). The maximum absolute atomic E-state index is 12.3. The smallest absolute Gasteiger partial charge is 0.241 e. The van der Waals surface area contributed by atoms with Gasteiger partial charge < -0.3 is 16.4 Å². The fourth-order valence-corrected chi connectivity index (χ4v) is 2.01. The first-order valence-corrected chi connectivity index (χ1v) is 7.06. The number of likely N-dealkylation sites (N-methyl/N-ethyl adjacent to an activating group) is 2. The van der Waals surface area contributed by atoms with Gasteiger partial charge in [-0.3, -0.25) is 14.5 Å². The number of amides is 2. The van der Waals surface area contributed by atoms with Crippen LogP contribution in [0.3, 0.4) is 0 Å². The van der Waals surface area contributed by atoms with Crippen LogP contribution < -0.4 is 16.4 Å². The van der Waals surface area contributed by atoms with Gasteiger partial charge in [0, 0.05) is 19.3 Å². The monoisotopic (exact) mass is 292 g/mol. The van der Waals surface area contributed by atoms with Crippen molar-refractivity contribution in [3.8, 4) is 0 Å². The molecule has 4 N–H and O–H groups in total. The van der Waals surface area contributed by atoms with Crippen LogP contribution in [0.4, 0.5) is 5.69 Å². The number of hydrogen-bond donors (Lipinski definition) is 3. The van der Waals surface area contributed by atoms with E-state index in [-0.39, 0.29) is 18.4 Å². The van der Waals surface area contributed by atoms with E-state index < -0.39 is 6.04 Å². The van der Waals surface area contributed by atoms with Crippen LogP contribution in [0.5, 0.6) is 0 Å². The lowest BCUT2D eigenvalue weighted by Gasteiger charge is -2.26. The third kappa shape index (κ3) is 4.84. The summed E-state index contributed by atoms with van der Waals surface area (Å²) in [5.41, 5.74) is 7.26. The zero-order valence-electron chi connectivity index (χ0n) is 12.8. The summed E-state index contributed by atoms with van der Waals surface area (Å²) in [6, 6.07) is 7.02. The maximum atomic E-state index is 12.3. The molecule has 1 aromatic carbocycles. The van der Waals surface area contributed by atoms with Gasteiger partial charge in [0.05, 0.1) is 12.6 Å². The summed E-state index contributed by atoms with van der Waals surface area (Å²) < 4.78 is 0. The van der Waals surface area contributed by atoms with E-state index in [1.807, 2.05) is 31.2 Å². The van der Waals surface area contributed by atoms with Gasteiger partial charge in [0.25, 0.3) is 0 Å². The number of benzene rings is 1. The van der Waals surface area contributed by atoms with Gasteiger partial charge in [0.1, 0.15) is 0 Å². The Kier molecular flexibility index (Phi) is 6.84. The molecule has 1 aromatic rings. The number of hydrogen-bond acceptors (Lipinski definition) is 4. The summed E-state index contributed by atoms with van der Waals surface area (Å²) in [6.45, 7) is 4.87. The zero-order valence-corrected chi connectivity index (χ0v) is 12.8. The molecule has 0 aliphatic rings. The Labute approximate surface area is 125 Å². The third-order valence-corrected chi connectivity index (χ3v) is 3.45. The normalized spacial score (nSPS) is 12.0. The topological polar surface area (TPSA) is 87.5 Å². The average Bonchev–Trinajstić information content (AvgIpc) is 2.51. The molecule has 116 valence electrons. The van der Waals surface area contributed by atoms with Gasteiger partial charge in [0.2, 0.25) is 11.8 Å². The summed E-state index contributed by atoms with van der Waals surface area (Å²) in [7, 11) is 1.58. The van der Waals surface area contributed by atoms with E-state index in [0.29, 0.717) is 18.8 Å². The second-order valence-electron chi connectivity index (χ2n) is 4.76. The predicted molar refractivity (Wildman–Crippen MR) is 83.7 cm³/mol. The van der Waals surface area contributed by atoms with Crippen molar-refractivity contribution in [1.82, 2.24) is 10.2 Å². The number of rotatable bonds is 7. The molecule has 6 heteroatoms. The van der Waals surface area contributed by atoms with Crippen molar-refractivity contribution in [2.24, 2.45) is 5.73 Å². The minimum Gasteiger partial charge on any atom is -0.358 e. The van der Waals surface area contributed by atoms with Crippen LogP contribution in [-0.4, -0.2) is 42.9 Å². The van der Waals surface area contributed by atoms with Crippen molar-refractivity contribution in [2.75, 3.05) is 25.5 Å². The molecular weight excluding hydrogens is 268 g/mol. The Hall–Kier alpha value is -1.92. The van der Waals surface area contributed by atoms with Gasteiger partial charge in [0.15, 0.2) is 0 Å². The maximum Gasteiger partial charge on any atom is 0.241 e. The summed E-state index contributed by atoms with van der Waals surface area (Å²) in [5, 5.41) is 5.44. The van der Waals surface area contributed by atoms with Gasteiger partial charge in [-0.1, -0.05) is 25.1 Å². The Morgan fingerprint density at radius 3 is 2.57 bits per heavy atom. The molecule has 0 aliphatic carbocycles. The SMILES string of the molecule is CCN(CC(=O)NC)C(C)C(=O)Nc1ccccc1CN. The Morgan fingerprint density at radius 2 is 2.00 bits per heavy atom. The van der Waals surface area contributed by atoms with Crippen molar-refractivity contribution >= 4 is 17.5 Å². The van der Waals surface area contributed by atoms with Crippen molar-refractivity contribution in [1.29, 1.82) is 0 Å². The molecule has 0 spiro atoms. The summed E-state index contributed by atoms with van der Waals surface area (Å²) in [6.07, 6.45) is 0. The van der Waals surface area contributed by atoms with E-state index in [0.717, 1.165) is 5.56 Å². The molecule has 0 fully saturated rings. The first kappa shape index (κ1) is 17.1. The molecule has 0 aromatic heterocycles. The molecule has 2 amide bonds. The second kappa shape index (κ2) is 8.39. The number of para-hydroxylation sites is 1. The van der Waals surface area contributed by atoms with Crippen LogP contribution in [0.1, 0.15) is 19.4 Å². The van der Waals surface area contributed by atoms with Crippen LogP contribution >= 0.6 is 0 Å². The van der Waals surface area contributed by atoms with Crippen molar-refractivity contribution in [3.05, 3.63) is 29.8 Å². The number of carbonyl (C=O) groups excluding carboxylic acids is 2. The number of nitrogens with zero attached hydrogens (tertiary/aromatic N) is 1. The molecule has 0 saturated heterocycles. The molecule has 0 bridgehead atoms. The highest BCUT2D eigenvalue weighted by Crippen LogP contribution is 2.15. The summed E-state index contributed by atoms with van der Waals surface area (Å²) in [5.74, 6) is -0.263. The van der Waals surface area contributed by atoms with Crippen LogP contribution in [0.15, 0.2) is 24.3 Å². The van der Waals surface area contributed by atoms with E-state index in [1.165, 1.54) is 0 Å². The lowest BCUT2D eigenvalue weighted by atomic mass is 10.1. The number of nitrogens with one attached hydrogen (secondary N) is 2. The minimum atomic E-state index is -0.405. The van der Waals surface area contributed by atoms with Crippen LogP contribution in [0, 0.1) is 0 Å². The highest BCUT2D eigenvalue weighted by atomic mass is 16.2. The molecule has 1 unspecified atom stereocenters. The highest BCUT2D eigenvalue weighted by molar-refractivity contribution is 5.95. The molecule has 0 saturated carbocycles. The Morgan fingerprint density at radius 1 is 1.33 bits per heavy atom. The fraction of sp³-hybridized carbons (Fsp3) is 0.467. The van der Waals surface area contributed by atoms with Crippen molar-refractivity contribution in [2.45, 2.75) is 26.4 Å². The molecular formula is C15H24N4O2. The average molecular weight is 292 g/mol. The molecule has 0 radical (unpaired) electrons. The quantitative estimate of drug-likeness (QED) is 0.684. The van der Waals surface area contributed by atoms with Crippen LogP contribution in [0.2, 0.25) is 0 Å². The molecule has 21 heavy (non-hydrogen) atoms. The minimum absolute atomic E-state index is 0.112. The van der Waals surface area contributed by atoms with Gasteiger partial charge in [-0.05, 0) is 25.1 Å². The molecule has 0 heterocycles.